The Morgan fingerprint density at radius 1 is 1.00 bits per heavy atom. The number of nitrogens with two attached hydrogens (primary N) is 1. The topological polar surface area (TPSA) is 35.2 Å². The third kappa shape index (κ3) is 3.61. The van der Waals surface area contributed by atoms with Crippen molar-refractivity contribution < 1.29 is 4.74 Å². The summed E-state index contributed by atoms with van der Waals surface area (Å²) in [6, 6.07) is 20.7. The molecule has 0 aromatic heterocycles. The summed E-state index contributed by atoms with van der Waals surface area (Å²) in [5, 5.41) is 0. The lowest BCUT2D eigenvalue weighted by molar-refractivity contribution is 0.0492. The second-order valence-electron chi connectivity index (χ2n) is 6.08. The first kappa shape index (κ1) is 18.4. The average Bonchev–Trinajstić information content (AvgIpc) is 2.66. The number of methoxy groups -OCH3 is 1. The van der Waals surface area contributed by atoms with Gasteiger partial charge in [0.15, 0.2) is 0 Å². The van der Waals surface area contributed by atoms with Gasteiger partial charge in [0.2, 0.25) is 0 Å². The highest BCUT2D eigenvalue weighted by molar-refractivity contribution is 5.47. The molecule has 0 aliphatic heterocycles. The number of hydrogen-bond acceptors (Lipinski definition) is 2. The number of ether oxygens (including phenoxy) is 1. The van der Waals surface area contributed by atoms with Crippen LogP contribution in [0, 0.1) is 0 Å². The third-order valence-corrected chi connectivity index (χ3v) is 4.57. The molecular weight excluding hydrogens is 294 g/mol. The second-order valence-corrected chi connectivity index (χ2v) is 6.08. The SMILES string of the molecule is CCCC=C(C(N)CC)C(OC)(c1ccccc1)c1ccccc1. The maximum Gasteiger partial charge on any atom is 0.140 e. The molecule has 2 aromatic carbocycles. The van der Waals surface area contributed by atoms with Crippen molar-refractivity contribution in [3.8, 4) is 0 Å². The second kappa shape index (κ2) is 8.81. The number of benzene rings is 2. The zero-order chi connectivity index (χ0) is 17.4. The van der Waals surface area contributed by atoms with Crippen molar-refractivity contribution in [1.82, 2.24) is 0 Å². The molecule has 2 aromatic rings. The lowest BCUT2D eigenvalue weighted by Crippen LogP contribution is -2.40. The Labute approximate surface area is 146 Å². The summed E-state index contributed by atoms with van der Waals surface area (Å²) in [6.07, 6.45) is 5.23. The molecule has 1 atom stereocenters. The Hall–Kier alpha value is -1.90. The van der Waals surface area contributed by atoms with Gasteiger partial charge in [-0.3, -0.25) is 0 Å². The van der Waals surface area contributed by atoms with Crippen LogP contribution in [-0.2, 0) is 10.3 Å². The van der Waals surface area contributed by atoms with Crippen molar-refractivity contribution in [3.05, 3.63) is 83.4 Å². The van der Waals surface area contributed by atoms with Gasteiger partial charge in [-0.05, 0) is 29.5 Å². The molecule has 2 N–H and O–H groups in total. The van der Waals surface area contributed by atoms with Crippen LogP contribution in [0.15, 0.2) is 72.3 Å². The molecule has 0 saturated heterocycles. The van der Waals surface area contributed by atoms with Crippen LogP contribution in [0.1, 0.15) is 44.2 Å². The number of hydrogen-bond donors (Lipinski definition) is 1. The van der Waals surface area contributed by atoms with Gasteiger partial charge in [-0.2, -0.15) is 0 Å². The minimum atomic E-state index is -0.646. The zero-order valence-corrected chi connectivity index (χ0v) is 15.0. The molecule has 0 heterocycles. The van der Waals surface area contributed by atoms with Gasteiger partial charge in [-0.25, -0.2) is 0 Å². The maximum absolute atomic E-state index is 6.55. The normalized spacial score (nSPS) is 13.8. The molecule has 2 nitrogen and oxygen atoms in total. The van der Waals surface area contributed by atoms with Crippen molar-refractivity contribution in [2.24, 2.45) is 5.73 Å². The first-order valence-electron chi connectivity index (χ1n) is 8.83. The highest BCUT2D eigenvalue weighted by Gasteiger charge is 2.40. The van der Waals surface area contributed by atoms with E-state index in [-0.39, 0.29) is 6.04 Å². The van der Waals surface area contributed by atoms with Crippen LogP contribution in [-0.4, -0.2) is 13.2 Å². The van der Waals surface area contributed by atoms with Gasteiger partial charge in [-0.15, -0.1) is 0 Å². The smallest absolute Gasteiger partial charge is 0.140 e. The molecule has 2 heteroatoms. The standard InChI is InChI=1S/C22H29NO/c1-4-6-17-20(21(23)5-2)22(24-3,18-13-9-7-10-14-18)19-15-11-8-12-16-19/h7-17,21H,4-6,23H2,1-3H3. The molecule has 1 unspecified atom stereocenters. The Morgan fingerprint density at radius 2 is 1.50 bits per heavy atom. The van der Waals surface area contributed by atoms with Gasteiger partial charge in [0.05, 0.1) is 0 Å². The summed E-state index contributed by atoms with van der Waals surface area (Å²) in [7, 11) is 1.78. The molecule has 128 valence electrons. The fourth-order valence-electron chi connectivity index (χ4n) is 3.28. The summed E-state index contributed by atoms with van der Waals surface area (Å²) in [5.74, 6) is 0. The highest BCUT2D eigenvalue weighted by Crippen LogP contribution is 2.41. The molecular formula is C22H29NO. The number of allylic oxidation sites excluding steroid dienone is 1. The van der Waals surface area contributed by atoms with Crippen molar-refractivity contribution in [3.63, 3.8) is 0 Å². The summed E-state index contributed by atoms with van der Waals surface area (Å²) < 4.78 is 6.24. The predicted octanol–water partition coefficient (Wildman–Crippen LogP) is 5.04. The van der Waals surface area contributed by atoms with Crippen molar-refractivity contribution in [1.29, 1.82) is 0 Å². The Kier molecular flexibility index (Phi) is 6.77. The van der Waals surface area contributed by atoms with Crippen LogP contribution in [0.3, 0.4) is 0 Å². The van der Waals surface area contributed by atoms with E-state index in [2.05, 4.69) is 68.5 Å². The zero-order valence-electron chi connectivity index (χ0n) is 15.0. The summed E-state index contributed by atoms with van der Waals surface area (Å²) in [6.45, 7) is 4.31. The molecule has 0 spiro atoms. The number of rotatable bonds is 8. The maximum atomic E-state index is 6.55. The minimum Gasteiger partial charge on any atom is -0.364 e. The number of unbranched alkanes of at least 4 members (excludes halogenated alkanes) is 1. The molecule has 0 aliphatic rings. The molecule has 0 amide bonds. The summed E-state index contributed by atoms with van der Waals surface area (Å²) in [4.78, 5) is 0. The van der Waals surface area contributed by atoms with Gasteiger partial charge >= 0.3 is 0 Å². The van der Waals surface area contributed by atoms with E-state index in [1.165, 1.54) is 0 Å². The van der Waals surface area contributed by atoms with Crippen LogP contribution in [0.4, 0.5) is 0 Å². The monoisotopic (exact) mass is 323 g/mol. The Bertz CT molecular complexity index is 594. The summed E-state index contributed by atoms with van der Waals surface area (Å²) in [5.41, 5.74) is 9.28. The Morgan fingerprint density at radius 3 is 1.88 bits per heavy atom. The van der Waals surface area contributed by atoms with Crippen LogP contribution < -0.4 is 5.73 Å². The molecule has 0 bridgehead atoms. The van der Waals surface area contributed by atoms with E-state index in [1.54, 1.807) is 7.11 Å². The van der Waals surface area contributed by atoms with Crippen LogP contribution >= 0.6 is 0 Å². The van der Waals surface area contributed by atoms with Gasteiger partial charge in [0.1, 0.15) is 5.60 Å². The minimum absolute atomic E-state index is 0.0445. The molecule has 0 saturated carbocycles. The van der Waals surface area contributed by atoms with E-state index in [9.17, 15) is 0 Å². The first-order chi connectivity index (χ1) is 11.7. The van der Waals surface area contributed by atoms with Gasteiger partial charge in [-0.1, -0.05) is 87.0 Å². The van der Waals surface area contributed by atoms with Crippen molar-refractivity contribution >= 4 is 0 Å². The van der Waals surface area contributed by atoms with Crippen LogP contribution in [0.2, 0.25) is 0 Å². The van der Waals surface area contributed by atoms with Gasteiger partial charge in [0.25, 0.3) is 0 Å². The lowest BCUT2D eigenvalue weighted by atomic mass is 9.76. The molecule has 24 heavy (non-hydrogen) atoms. The summed E-state index contributed by atoms with van der Waals surface area (Å²) >= 11 is 0. The van der Waals surface area contributed by atoms with Crippen molar-refractivity contribution in [2.75, 3.05) is 7.11 Å². The molecule has 2 rings (SSSR count). The molecule has 0 radical (unpaired) electrons. The van der Waals surface area contributed by atoms with Crippen LogP contribution in [0.5, 0.6) is 0 Å². The molecule has 0 fully saturated rings. The fraction of sp³-hybridized carbons (Fsp3) is 0.364. The van der Waals surface area contributed by atoms with E-state index in [4.69, 9.17) is 10.5 Å². The molecule has 0 aliphatic carbocycles. The van der Waals surface area contributed by atoms with Gasteiger partial charge in [0, 0.05) is 13.2 Å². The fourth-order valence-corrected chi connectivity index (χ4v) is 3.28. The predicted molar refractivity (Wildman–Crippen MR) is 102 cm³/mol. The van der Waals surface area contributed by atoms with Gasteiger partial charge < -0.3 is 10.5 Å². The van der Waals surface area contributed by atoms with E-state index < -0.39 is 5.60 Å². The lowest BCUT2D eigenvalue weighted by Gasteiger charge is -2.39. The van der Waals surface area contributed by atoms with E-state index in [1.807, 2.05) is 12.1 Å². The quantitative estimate of drug-likeness (QED) is 0.691. The largest absolute Gasteiger partial charge is 0.364 e. The third-order valence-electron chi connectivity index (χ3n) is 4.57. The average molecular weight is 323 g/mol. The van der Waals surface area contributed by atoms with Crippen LogP contribution in [0.25, 0.3) is 0 Å². The first-order valence-corrected chi connectivity index (χ1v) is 8.83. The van der Waals surface area contributed by atoms with Crippen molar-refractivity contribution in [2.45, 2.75) is 44.8 Å². The highest BCUT2D eigenvalue weighted by atomic mass is 16.5. The van der Waals surface area contributed by atoms with E-state index in [0.29, 0.717) is 0 Å². The van der Waals surface area contributed by atoms with E-state index in [0.717, 1.165) is 36.0 Å². The Balaban J connectivity index is 2.73. The van der Waals surface area contributed by atoms with E-state index >= 15 is 0 Å².